The van der Waals surface area contributed by atoms with Gasteiger partial charge in [-0.15, -0.1) is 5.10 Å². The monoisotopic (exact) mass is 340 g/mol. The number of nitrogens with one attached hydrogen (secondary N) is 1. The van der Waals surface area contributed by atoms with Crippen molar-refractivity contribution in [2.75, 3.05) is 0 Å². The molecule has 1 unspecified atom stereocenters. The summed E-state index contributed by atoms with van der Waals surface area (Å²) in [7, 11) is 0. The fraction of sp³-hybridized carbons (Fsp3) is 0.353. The Hall–Kier alpha value is -3.03. The van der Waals surface area contributed by atoms with Crippen molar-refractivity contribution in [1.29, 1.82) is 0 Å². The van der Waals surface area contributed by atoms with Crippen LogP contribution in [0.1, 0.15) is 43.1 Å². The zero-order valence-corrected chi connectivity index (χ0v) is 14.2. The summed E-state index contributed by atoms with van der Waals surface area (Å²) in [6.45, 7) is 3.74. The number of aryl methyl sites for hydroxylation is 2. The zero-order chi connectivity index (χ0) is 17.6. The van der Waals surface area contributed by atoms with Crippen molar-refractivity contribution >= 4 is 5.91 Å². The Kier molecular flexibility index (Phi) is 5.17. The van der Waals surface area contributed by atoms with E-state index in [1.165, 1.54) is 0 Å². The van der Waals surface area contributed by atoms with Gasteiger partial charge in [0.05, 0.1) is 24.1 Å². The molecule has 8 heteroatoms. The number of rotatable bonds is 7. The molecule has 1 N–H and O–H groups in total. The third-order valence-electron chi connectivity index (χ3n) is 3.82. The van der Waals surface area contributed by atoms with Gasteiger partial charge in [-0.05, 0) is 38.0 Å². The maximum Gasteiger partial charge on any atom is 0.226 e. The number of hydrogen-bond acceptors (Lipinski definition) is 6. The first-order valence-electron chi connectivity index (χ1n) is 8.17. The highest BCUT2D eigenvalue weighted by molar-refractivity contribution is 5.76. The molecular weight excluding hydrogens is 320 g/mol. The number of nitrogens with zero attached hydrogens (tertiary/aromatic N) is 5. The van der Waals surface area contributed by atoms with Gasteiger partial charge in [-0.2, -0.15) is 4.98 Å². The Morgan fingerprint density at radius 1 is 1.32 bits per heavy atom. The Bertz CT molecular complexity index is 810. The predicted molar refractivity (Wildman–Crippen MR) is 89.9 cm³/mol. The average Bonchev–Trinajstić information content (AvgIpc) is 3.27. The normalized spacial score (nSPS) is 12.1. The van der Waals surface area contributed by atoms with Crippen LogP contribution in [0, 0.1) is 6.92 Å². The van der Waals surface area contributed by atoms with E-state index in [9.17, 15) is 4.79 Å². The molecule has 0 saturated heterocycles. The first-order valence-corrected chi connectivity index (χ1v) is 8.17. The van der Waals surface area contributed by atoms with Crippen molar-refractivity contribution in [3.63, 3.8) is 0 Å². The van der Waals surface area contributed by atoms with Crippen LogP contribution >= 0.6 is 0 Å². The molecule has 3 rings (SSSR count). The van der Waals surface area contributed by atoms with Gasteiger partial charge < -0.3 is 9.84 Å². The summed E-state index contributed by atoms with van der Waals surface area (Å²) >= 11 is 0. The summed E-state index contributed by atoms with van der Waals surface area (Å²) in [5.41, 5.74) is 1.96. The lowest BCUT2D eigenvalue weighted by molar-refractivity contribution is -0.121. The van der Waals surface area contributed by atoms with E-state index in [1.54, 1.807) is 24.0 Å². The van der Waals surface area contributed by atoms with Crippen LogP contribution in [-0.4, -0.2) is 31.0 Å². The molecule has 1 atom stereocenters. The Labute approximate surface area is 145 Å². The second-order valence-electron chi connectivity index (χ2n) is 5.82. The van der Waals surface area contributed by atoms with Crippen LogP contribution in [0.4, 0.5) is 0 Å². The molecule has 0 saturated carbocycles. The molecule has 2 heterocycles. The quantitative estimate of drug-likeness (QED) is 0.707. The molecule has 0 spiro atoms. The van der Waals surface area contributed by atoms with Crippen molar-refractivity contribution in [3.8, 4) is 5.69 Å². The van der Waals surface area contributed by atoms with E-state index in [1.807, 2.05) is 31.2 Å². The number of carbonyl (C=O) groups excluding carboxylic acids is 1. The number of benzene rings is 1. The van der Waals surface area contributed by atoms with Gasteiger partial charge in [-0.1, -0.05) is 22.5 Å². The Balaban J connectivity index is 1.47. The molecule has 25 heavy (non-hydrogen) atoms. The molecule has 8 nitrogen and oxygen atoms in total. The molecule has 0 aliphatic heterocycles. The van der Waals surface area contributed by atoms with Crippen LogP contribution in [0.2, 0.25) is 0 Å². The van der Waals surface area contributed by atoms with Gasteiger partial charge in [0.2, 0.25) is 11.8 Å². The smallest absolute Gasteiger partial charge is 0.226 e. The SMILES string of the molecule is Cc1noc(CCCC(=O)NC(C)c2ccc(-n3ccnn3)cc2)n1. The summed E-state index contributed by atoms with van der Waals surface area (Å²) in [6, 6.07) is 7.78. The molecule has 3 aromatic rings. The standard InChI is InChI=1S/C17H20N6O2/c1-12(14-6-8-15(9-7-14)23-11-10-18-22-23)19-16(24)4-3-5-17-20-13(2)21-25-17/h6-12H,3-5H2,1-2H3,(H,19,24). The van der Waals surface area contributed by atoms with E-state index in [0.717, 1.165) is 11.3 Å². The molecule has 0 aliphatic rings. The summed E-state index contributed by atoms with van der Waals surface area (Å²) in [6.07, 6.45) is 5.11. The van der Waals surface area contributed by atoms with Crippen LogP contribution in [0.3, 0.4) is 0 Å². The maximum absolute atomic E-state index is 12.1. The van der Waals surface area contributed by atoms with E-state index >= 15 is 0 Å². The lowest BCUT2D eigenvalue weighted by Gasteiger charge is -2.14. The highest BCUT2D eigenvalue weighted by Gasteiger charge is 2.11. The summed E-state index contributed by atoms with van der Waals surface area (Å²) in [5, 5.41) is 14.5. The summed E-state index contributed by atoms with van der Waals surface area (Å²) < 4.78 is 6.72. The fourth-order valence-corrected chi connectivity index (χ4v) is 2.50. The van der Waals surface area contributed by atoms with Gasteiger partial charge in [0.15, 0.2) is 5.82 Å². The molecule has 2 aromatic heterocycles. The van der Waals surface area contributed by atoms with Crippen molar-refractivity contribution in [2.45, 2.75) is 39.2 Å². The minimum atomic E-state index is -0.0667. The van der Waals surface area contributed by atoms with E-state index in [-0.39, 0.29) is 11.9 Å². The first-order chi connectivity index (χ1) is 12.1. The van der Waals surface area contributed by atoms with Crippen LogP contribution in [-0.2, 0) is 11.2 Å². The van der Waals surface area contributed by atoms with E-state index in [0.29, 0.717) is 31.0 Å². The van der Waals surface area contributed by atoms with Gasteiger partial charge >= 0.3 is 0 Å². The summed E-state index contributed by atoms with van der Waals surface area (Å²) in [5.74, 6) is 1.19. The van der Waals surface area contributed by atoms with Crippen molar-refractivity contribution in [2.24, 2.45) is 0 Å². The van der Waals surface area contributed by atoms with Crippen LogP contribution in [0.5, 0.6) is 0 Å². The van der Waals surface area contributed by atoms with Crippen LogP contribution in [0.25, 0.3) is 5.69 Å². The average molecular weight is 340 g/mol. The molecule has 0 radical (unpaired) electrons. The molecular formula is C17H20N6O2. The number of aromatic nitrogens is 5. The minimum absolute atomic E-state index is 0.00379. The van der Waals surface area contributed by atoms with Gasteiger partial charge in [-0.25, -0.2) is 4.68 Å². The van der Waals surface area contributed by atoms with E-state index in [2.05, 4.69) is 25.8 Å². The lowest BCUT2D eigenvalue weighted by Crippen LogP contribution is -2.26. The largest absolute Gasteiger partial charge is 0.350 e. The Morgan fingerprint density at radius 3 is 2.76 bits per heavy atom. The molecule has 0 aliphatic carbocycles. The lowest BCUT2D eigenvalue weighted by atomic mass is 10.1. The van der Waals surface area contributed by atoms with Gasteiger partial charge in [0.1, 0.15) is 0 Å². The van der Waals surface area contributed by atoms with Gasteiger partial charge in [0, 0.05) is 12.8 Å². The second-order valence-corrected chi connectivity index (χ2v) is 5.82. The molecule has 0 fully saturated rings. The number of amides is 1. The molecule has 0 bridgehead atoms. The van der Waals surface area contributed by atoms with Crippen LogP contribution in [0.15, 0.2) is 41.2 Å². The van der Waals surface area contributed by atoms with Crippen molar-refractivity contribution in [1.82, 2.24) is 30.5 Å². The van der Waals surface area contributed by atoms with E-state index < -0.39 is 0 Å². The molecule has 130 valence electrons. The summed E-state index contributed by atoms with van der Waals surface area (Å²) in [4.78, 5) is 16.2. The van der Waals surface area contributed by atoms with Crippen molar-refractivity contribution < 1.29 is 9.32 Å². The number of carbonyl (C=O) groups is 1. The van der Waals surface area contributed by atoms with Crippen molar-refractivity contribution in [3.05, 3.63) is 53.9 Å². The van der Waals surface area contributed by atoms with Crippen LogP contribution < -0.4 is 5.32 Å². The highest BCUT2D eigenvalue weighted by Crippen LogP contribution is 2.15. The second kappa shape index (κ2) is 7.69. The topological polar surface area (TPSA) is 98.7 Å². The van der Waals surface area contributed by atoms with Gasteiger partial charge in [-0.3, -0.25) is 4.79 Å². The predicted octanol–water partition coefficient (Wildman–Crippen LogP) is 2.16. The van der Waals surface area contributed by atoms with E-state index in [4.69, 9.17) is 4.52 Å². The zero-order valence-electron chi connectivity index (χ0n) is 14.2. The fourth-order valence-electron chi connectivity index (χ4n) is 2.50. The van der Waals surface area contributed by atoms with Gasteiger partial charge in [0.25, 0.3) is 0 Å². The molecule has 1 amide bonds. The minimum Gasteiger partial charge on any atom is -0.350 e. The third-order valence-corrected chi connectivity index (χ3v) is 3.82. The Morgan fingerprint density at radius 2 is 2.12 bits per heavy atom. The maximum atomic E-state index is 12.1. The highest BCUT2D eigenvalue weighted by atomic mass is 16.5. The first kappa shape index (κ1) is 16.8. The number of hydrogen-bond donors (Lipinski definition) is 1. The molecule has 1 aromatic carbocycles. The third kappa shape index (κ3) is 4.50.